The first kappa shape index (κ1) is 24.2. The lowest BCUT2D eigenvalue weighted by atomic mass is 10.2. The van der Waals surface area contributed by atoms with Crippen LogP contribution in [0.3, 0.4) is 0 Å². The Hall–Kier alpha value is -1.85. The van der Waals surface area contributed by atoms with Crippen LogP contribution in [0.2, 0.25) is 0 Å². The summed E-state index contributed by atoms with van der Waals surface area (Å²) >= 11 is 0. The number of rotatable bonds is 9. The molecule has 0 saturated heterocycles. The van der Waals surface area contributed by atoms with E-state index < -0.39 is 10.0 Å². The first-order chi connectivity index (χ1) is 13.0. The minimum absolute atomic E-state index is 0. The van der Waals surface area contributed by atoms with Crippen LogP contribution >= 0.6 is 24.0 Å². The molecule has 0 aliphatic heterocycles. The van der Waals surface area contributed by atoms with E-state index in [1.807, 2.05) is 37.3 Å². The van der Waals surface area contributed by atoms with Gasteiger partial charge >= 0.3 is 0 Å². The van der Waals surface area contributed by atoms with Crippen LogP contribution in [-0.4, -0.2) is 47.7 Å². The van der Waals surface area contributed by atoms with Gasteiger partial charge in [-0.15, -0.1) is 24.0 Å². The van der Waals surface area contributed by atoms with Gasteiger partial charge in [0.25, 0.3) is 0 Å². The standard InChI is InChI=1S/C19H26N4O3S.HI/c1-16-8-10-18(11-9-16)27(24,25)23-13-12-21-19(20-2)22-14-15-26-17-6-4-3-5-7-17;/h3-11,23H,12-15H2,1-2H3,(H2,20,21,22);1H. The first-order valence-corrected chi connectivity index (χ1v) is 10.2. The van der Waals surface area contributed by atoms with Crippen LogP contribution in [0, 0.1) is 6.92 Å². The van der Waals surface area contributed by atoms with E-state index in [0.717, 1.165) is 11.3 Å². The number of hydrogen-bond donors (Lipinski definition) is 3. The van der Waals surface area contributed by atoms with E-state index >= 15 is 0 Å². The number of aliphatic imine (C=N–C) groups is 1. The normalized spacial score (nSPS) is 11.4. The highest BCUT2D eigenvalue weighted by Gasteiger charge is 2.12. The molecule has 3 N–H and O–H groups in total. The topological polar surface area (TPSA) is 91.8 Å². The number of nitrogens with zero attached hydrogens (tertiary/aromatic N) is 1. The molecule has 0 atom stereocenters. The number of sulfonamides is 1. The van der Waals surface area contributed by atoms with Gasteiger partial charge < -0.3 is 15.4 Å². The van der Waals surface area contributed by atoms with Crippen molar-refractivity contribution in [2.75, 3.05) is 33.3 Å². The Morgan fingerprint density at radius 3 is 2.25 bits per heavy atom. The van der Waals surface area contributed by atoms with Crippen molar-refractivity contribution in [3.05, 3.63) is 60.2 Å². The predicted octanol–water partition coefficient (Wildman–Crippen LogP) is 2.14. The Kier molecular flexibility index (Phi) is 10.9. The van der Waals surface area contributed by atoms with Crippen molar-refractivity contribution in [1.29, 1.82) is 0 Å². The Morgan fingerprint density at radius 2 is 1.61 bits per heavy atom. The number of halogens is 1. The highest BCUT2D eigenvalue weighted by Crippen LogP contribution is 2.09. The molecular formula is C19H27IN4O3S. The number of aryl methyl sites for hydroxylation is 1. The van der Waals surface area contributed by atoms with Gasteiger partial charge in [0.15, 0.2) is 5.96 Å². The van der Waals surface area contributed by atoms with Crippen LogP contribution in [0.1, 0.15) is 5.56 Å². The molecule has 0 saturated carbocycles. The summed E-state index contributed by atoms with van der Waals surface area (Å²) < 4.78 is 32.6. The molecule has 0 aliphatic carbocycles. The molecule has 0 fully saturated rings. The first-order valence-electron chi connectivity index (χ1n) is 8.70. The minimum Gasteiger partial charge on any atom is -0.492 e. The number of guanidine groups is 1. The van der Waals surface area contributed by atoms with Crippen molar-refractivity contribution in [2.45, 2.75) is 11.8 Å². The molecule has 28 heavy (non-hydrogen) atoms. The zero-order valence-electron chi connectivity index (χ0n) is 16.0. The predicted molar refractivity (Wildman–Crippen MR) is 123 cm³/mol. The number of hydrogen-bond acceptors (Lipinski definition) is 4. The van der Waals surface area contributed by atoms with Crippen molar-refractivity contribution in [2.24, 2.45) is 4.99 Å². The summed E-state index contributed by atoms with van der Waals surface area (Å²) in [5, 5.41) is 6.17. The largest absolute Gasteiger partial charge is 0.492 e. The molecule has 9 heteroatoms. The summed E-state index contributed by atoms with van der Waals surface area (Å²) in [4.78, 5) is 4.35. The van der Waals surface area contributed by atoms with Gasteiger partial charge in [0.05, 0.1) is 11.4 Å². The van der Waals surface area contributed by atoms with E-state index in [-0.39, 0.29) is 35.4 Å². The molecule has 0 aliphatic rings. The van der Waals surface area contributed by atoms with Crippen molar-refractivity contribution >= 4 is 40.0 Å². The molecule has 0 amide bonds. The molecule has 2 aromatic carbocycles. The fraction of sp³-hybridized carbons (Fsp3) is 0.316. The van der Waals surface area contributed by atoms with Crippen LogP contribution in [-0.2, 0) is 10.0 Å². The van der Waals surface area contributed by atoms with Gasteiger partial charge in [-0.2, -0.15) is 0 Å². The molecular weight excluding hydrogens is 491 g/mol. The maximum absolute atomic E-state index is 12.2. The molecule has 0 heterocycles. The van der Waals surface area contributed by atoms with E-state index in [9.17, 15) is 8.42 Å². The second kappa shape index (κ2) is 12.6. The Labute approximate surface area is 184 Å². The van der Waals surface area contributed by atoms with Crippen LogP contribution < -0.4 is 20.1 Å². The monoisotopic (exact) mass is 518 g/mol. The molecule has 0 unspecified atom stereocenters. The average Bonchev–Trinajstić information content (AvgIpc) is 2.68. The van der Waals surface area contributed by atoms with E-state index in [1.165, 1.54) is 0 Å². The van der Waals surface area contributed by atoms with Crippen LogP contribution in [0.15, 0.2) is 64.5 Å². The fourth-order valence-corrected chi connectivity index (χ4v) is 3.27. The van der Waals surface area contributed by atoms with E-state index in [2.05, 4.69) is 20.3 Å². The smallest absolute Gasteiger partial charge is 0.240 e. The Morgan fingerprint density at radius 1 is 0.964 bits per heavy atom. The summed E-state index contributed by atoms with van der Waals surface area (Å²) in [6.07, 6.45) is 0. The average molecular weight is 518 g/mol. The summed E-state index contributed by atoms with van der Waals surface area (Å²) in [5.74, 6) is 1.40. The molecule has 0 radical (unpaired) electrons. The van der Waals surface area contributed by atoms with E-state index in [4.69, 9.17) is 4.74 Å². The maximum atomic E-state index is 12.2. The maximum Gasteiger partial charge on any atom is 0.240 e. The second-order valence-electron chi connectivity index (χ2n) is 5.80. The quantitative estimate of drug-likeness (QED) is 0.205. The van der Waals surface area contributed by atoms with Gasteiger partial charge in [0.2, 0.25) is 10.0 Å². The summed E-state index contributed by atoms with van der Waals surface area (Å²) in [6, 6.07) is 16.3. The summed E-state index contributed by atoms with van der Waals surface area (Å²) in [6.45, 7) is 3.63. The van der Waals surface area contributed by atoms with Gasteiger partial charge in [-0.05, 0) is 31.2 Å². The number of nitrogens with one attached hydrogen (secondary N) is 3. The molecule has 7 nitrogen and oxygen atoms in total. The highest BCUT2D eigenvalue weighted by molar-refractivity contribution is 14.0. The number of benzene rings is 2. The fourth-order valence-electron chi connectivity index (χ4n) is 2.24. The van der Waals surface area contributed by atoms with Gasteiger partial charge in [-0.1, -0.05) is 35.9 Å². The molecule has 0 bridgehead atoms. The Balaban J connectivity index is 0.00000392. The van der Waals surface area contributed by atoms with Gasteiger partial charge in [-0.25, -0.2) is 13.1 Å². The van der Waals surface area contributed by atoms with Crippen LogP contribution in [0.5, 0.6) is 5.75 Å². The highest BCUT2D eigenvalue weighted by atomic mass is 127. The minimum atomic E-state index is -3.50. The van der Waals surface area contributed by atoms with Crippen LogP contribution in [0.4, 0.5) is 0 Å². The molecule has 154 valence electrons. The molecule has 2 rings (SSSR count). The van der Waals surface area contributed by atoms with Gasteiger partial charge in [0.1, 0.15) is 12.4 Å². The van der Waals surface area contributed by atoms with E-state index in [1.54, 1.807) is 31.3 Å². The lowest BCUT2D eigenvalue weighted by Crippen LogP contribution is -2.42. The zero-order valence-corrected chi connectivity index (χ0v) is 19.2. The SMILES string of the molecule is CN=C(NCCNS(=O)(=O)c1ccc(C)cc1)NCCOc1ccccc1.I. The van der Waals surface area contributed by atoms with Gasteiger partial charge in [0, 0.05) is 20.1 Å². The van der Waals surface area contributed by atoms with E-state index in [0.29, 0.717) is 25.7 Å². The van der Waals surface area contributed by atoms with Crippen molar-refractivity contribution in [3.63, 3.8) is 0 Å². The second-order valence-corrected chi connectivity index (χ2v) is 7.57. The molecule has 0 aromatic heterocycles. The molecule has 2 aromatic rings. The lowest BCUT2D eigenvalue weighted by molar-refractivity contribution is 0.322. The van der Waals surface area contributed by atoms with Crippen LogP contribution in [0.25, 0.3) is 0 Å². The van der Waals surface area contributed by atoms with Gasteiger partial charge in [-0.3, -0.25) is 4.99 Å². The third-order valence-electron chi connectivity index (χ3n) is 3.67. The third-order valence-corrected chi connectivity index (χ3v) is 5.15. The van der Waals surface area contributed by atoms with Crippen molar-refractivity contribution < 1.29 is 13.2 Å². The summed E-state index contributed by atoms with van der Waals surface area (Å²) in [7, 11) is -1.85. The Bertz CT molecular complexity index is 828. The number of para-hydroxylation sites is 1. The number of ether oxygens (including phenoxy) is 1. The summed E-state index contributed by atoms with van der Waals surface area (Å²) in [5.41, 5.74) is 1.02. The van der Waals surface area contributed by atoms with Crippen molar-refractivity contribution in [1.82, 2.24) is 15.4 Å². The molecule has 0 spiro atoms. The zero-order chi connectivity index (χ0) is 19.5. The lowest BCUT2D eigenvalue weighted by Gasteiger charge is -2.13. The third kappa shape index (κ3) is 8.44. The van der Waals surface area contributed by atoms with Crippen molar-refractivity contribution in [3.8, 4) is 5.75 Å².